The zero-order valence-corrected chi connectivity index (χ0v) is 11.0. The fourth-order valence-electron chi connectivity index (χ4n) is 2.00. The zero-order chi connectivity index (χ0) is 10.8. The van der Waals surface area contributed by atoms with Gasteiger partial charge in [0.15, 0.2) is 5.78 Å². The highest BCUT2D eigenvalue weighted by Gasteiger charge is 2.17. The first-order valence-electron chi connectivity index (χ1n) is 5.08. The number of carbonyl (C=O) groups is 1. The normalized spacial score (nSPS) is 21.6. The highest BCUT2D eigenvalue weighted by atomic mass is 79.9. The van der Waals surface area contributed by atoms with E-state index in [1.54, 1.807) is 11.3 Å². The Bertz CT molecular complexity index is 406. The molecule has 0 saturated heterocycles. The van der Waals surface area contributed by atoms with Gasteiger partial charge in [-0.25, -0.2) is 0 Å². The van der Waals surface area contributed by atoms with Gasteiger partial charge in [0.25, 0.3) is 0 Å². The Balaban J connectivity index is 2.09. The van der Waals surface area contributed by atoms with Crippen LogP contribution >= 0.6 is 27.3 Å². The molecule has 1 atom stereocenters. The Morgan fingerprint density at radius 3 is 2.93 bits per heavy atom. The molecule has 1 aromatic heterocycles. The monoisotopic (exact) mass is 284 g/mol. The molecule has 1 heterocycles. The molecular formula is C12H13BrOS. The first-order valence-corrected chi connectivity index (χ1v) is 6.76. The van der Waals surface area contributed by atoms with Crippen molar-refractivity contribution in [2.75, 3.05) is 0 Å². The highest BCUT2D eigenvalue weighted by molar-refractivity contribution is 9.10. The lowest BCUT2D eigenvalue weighted by molar-refractivity contribution is -0.115. The zero-order valence-electron chi connectivity index (χ0n) is 8.63. The lowest BCUT2D eigenvalue weighted by atomic mass is 9.88. The van der Waals surface area contributed by atoms with Gasteiger partial charge in [-0.3, -0.25) is 4.79 Å². The summed E-state index contributed by atoms with van der Waals surface area (Å²) in [4.78, 5) is 12.7. The number of ketones is 1. The van der Waals surface area contributed by atoms with Crippen LogP contribution in [0.5, 0.6) is 0 Å². The van der Waals surface area contributed by atoms with Crippen LogP contribution < -0.4 is 0 Å². The van der Waals surface area contributed by atoms with Gasteiger partial charge in [-0.05, 0) is 40.4 Å². The number of hydrogen-bond donors (Lipinski definition) is 0. The molecule has 2 rings (SSSR count). The molecule has 0 radical (unpaired) electrons. The van der Waals surface area contributed by atoms with Gasteiger partial charge in [0, 0.05) is 27.6 Å². The fourth-order valence-corrected chi connectivity index (χ4v) is 3.51. The van der Waals surface area contributed by atoms with Crippen molar-refractivity contribution in [1.29, 1.82) is 0 Å². The van der Waals surface area contributed by atoms with Gasteiger partial charge in [-0.2, -0.15) is 0 Å². The van der Waals surface area contributed by atoms with Crippen LogP contribution in [-0.4, -0.2) is 5.78 Å². The maximum atomic E-state index is 11.4. The largest absolute Gasteiger partial charge is 0.295 e. The molecule has 0 aliphatic heterocycles. The molecule has 0 amide bonds. The number of rotatable bonds is 2. The summed E-state index contributed by atoms with van der Waals surface area (Å²) in [6.45, 7) is 2.15. The molecule has 0 fully saturated rings. The third kappa shape index (κ3) is 3.02. The topological polar surface area (TPSA) is 17.1 Å². The van der Waals surface area contributed by atoms with Gasteiger partial charge in [0.2, 0.25) is 0 Å². The molecule has 0 saturated carbocycles. The van der Waals surface area contributed by atoms with Gasteiger partial charge < -0.3 is 0 Å². The Kier molecular flexibility index (Phi) is 3.42. The molecule has 1 aromatic rings. The van der Waals surface area contributed by atoms with Crippen LogP contribution in [0.4, 0.5) is 0 Å². The molecular weight excluding hydrogens is 272 g/mol. The van der Waals surface area contributed by atoms with Crippen LogP contribution in [0.3, 0.4) is 0 Å². The lowest BCUT2D eigenvalue weighted by Gasteiger charge is -2.17. The molecule has 80 valence electrons. The van der Waals surface area contributed by atoms with Crippen molar-refractivity contribution in [3.63, 3.8) is 0 Å². The highest BCUT2D eigenvalue weighted by Crippen LogP contribution is 2.27. The van der Waals surface area contributed by atoms with Crippen molar-refractivity contribution in [2.24, 2.45) is 5.92 Å². The summed E-state index contributed by atoms with van der Waals surface area (Å²) >= 11 is 5.19. The Morgan fingerprint density at radius 2 is 2.33 bits per heavy atom. The van der Waals surface area contributed by atoms with Crippen molar-refractivity contribution in [3.8, 4) is 0 Å². The second-order valence-electron chi connectivity index (χ2n) is 4.19. The molecule has 1 aliphatic rings. The van der Waals surface area contributed by atoms with Crippen molar-refractivity contribution in [2.45, 2.75) is 26.2 Å². The number of carbonyl (C=O) groups excluding carboxylic acids is 1. The molecule has 1 nitrogen and oxygen atoms in total. The second kappa shape index (κ2) is 4.62. The first kappa shape index (κ1) is 11.1. The summed E-state index contributed by atoms with van der Waals surface area (Å²) in [5.74, 6) is 0.806. The second-order valence-corrected chi connectivity index (χ2v) is 6.10. The van der Waals surface area contributed by atoms with Gasteiger partial charge in [-0.1, -0.05) is 12.5 Å². The van der Waals surface area contributed by atoms with Crippen molar-refractivity contribution < 1.29 is 4.79 Å². The minimum atomic E-state index is 0.291. The van der Waals surface area contributed by atoms with Crippen LogP contribution in [0, 0.1) is 5.92 Å². The summed E-state index contributed by atoms with van der Waals surface area (Å²) in [5, 5.41) is 2.09. The van der Waals surface area contributed by atoms with E-state index < -0.39 is 0 Å². The summed E-state index contributed by atoms with van der Waals surface area (Å²) in [5.41, 5.74) is 1.29. The average molecular weight is 285 g/mol. The number of halogens is 1. The SMILES string of the molecule is CC1CC(=O)C=C(Cc2cc(Br)cs2)C1. The van der Waals surface area contributed by atoms with E-state index >= 15 is 0 Å². The maximum absolute atomic E-state index is 11.4. The van der Waals surface area contributed by atoms with Gasteiger partial charge in [0.05, 0.1) is 0 Å². The predicted octanol–water partition coefficient (Wildman–Crippen LogP) is 3.98. The van der Waals surface area contributed by atoms with Gasteiger partial charge in [-0.15, -0.1) is 11.3 Å². The Hall–Kier alpha value is -0.410. The van der Waals surface area contributed by atoms with Gasteiger partial charge >= 0.3 is 0 Å². The molecule has 1 unspecified atom stereocenters. The smallest absolute Gasteiger partial charge is 0.155 e. The number of allylic oxidation sites excluding steroid dienone is 2. The fraction of sp³-hybridized carbons (Fsp3) is 0.417. The van der Waals surface area contributed by atoms with Crippen molar-refractivity contribution in [3.05, 3.63) is 32.4 Å². The van der Waals surface area contributed by atoms with E-state index in [0.717, 1.165) is 23.7 Å². The summed E-state index contributed by atoms with van der Waals surface area (Å²) in [6.07, 6.45) is 4.57. The molecule has 0 spiro atoms. The Labute approximate surface area is 102 Å². The third-order valence-electron chi connectivity index (χ3n) is 2.55. The lowest BCUT2D eigenvalue weighted by Crippen LogP contribution is -2.12. The summed E-state index contributed by atoms with van der Waals surface area (Å²) < 4.78 is 1.14. The molecule has 0 N–H and O–H groups in total. The van der Waals surface area contributed by atoms with E-state index in [9.17, 15) is 4.79 Å². The molecule has 0 aromatic carbocycles. The van der Waals surface area contributed by atoms with Gasteiger partial charge in [0.1, 0.15) is 0 Å². The molecule has 15 heavy (non-hydrogen) atoms. The quantitative estimate of drug-likeness (QED) is 0.803. The number of hydrogen-bond acceptors (Lipinski definition) is 2. The van der Waals surface area contributed by atoms with Crippen molar-refractivity contribution in [1.82, 2.24) is 0 Å². The standard InChI is InChI=1S/C12H13BrOS/c1-8-2-9(4-11(14)3-8)5-12-6-10(13)7-15-12/h4,6-8H,2-3,5H2,1H3. The van der Waals surface area contributed by atoms with E-state index in [1.165, 1.54) is 10.5 Å². The molecule has 0 bridgehead atoms. The molecule has 1 aliphatic carbocycles. The van der Waals surface area contributed by atoms with E-state index in [1.807, 2.05) is 6.08 Å². The van der Waals surface area contributed by atoms with E-state index in [4.69, 9.17) is 0 Å². The van der Waals surface area contributed by atoms with Crippen LogP contribution in [-0.2, 0) is 11.2 Å². The van der Waals surface area contributed by atoms with Crippen LogP contribution in [0.25, 0.3) is 0 Å². The van der Waals surface area contributed by atoms with Crippen LogP contribution in [0.1, 0.15) is 24.6 Å². The third-order valence-corrected chi connectivity index (χ3v) is 4.25. The minimum Gasteiger partial charge on any atom is -0.295 e. The summed E-state index contributed by atoms with van der Waals surface area (Å²) in [7, 11) is 0. The first-order chi connectivity index (χ1) is 7.13. The maximum Gasteiger partial charge on any atom is 0.155 e. The van der Waals surface area contributed by atoms with Crippen LogP contribution in [0.15, 0.2) is 27.6 Å². The molecule has 3 heteroatoms. The Morgan fingerprint density at radius 1 is 1.53 bits per heavy atom. The van der Waals surface area contributed by atoms with Crippen molar-refractivity contribution >= 4 is 33.0 Å². The van der Waals surface area contributed by atoms with E-state index in [-0.39, 0.29) is 0 Å². The predicted molar refractivity (Wildman–Crippen MR) is 67.2 cm³/mol. The van der Waals surface area contributed by atoms with E-state index in [2.05, 4.69) is 34.3 Å². The van der Waals surface area contributed by atoms with E-state index in [0.29, 0.717) is 11.7 Å². The minimum absolute atomic E-state index is 0.291. The average Bonchev–Trinajstić information content (AvgIpc) is 2.49. The van der Waals surface area contributed by atoms with Crippen LogP contribution in [0.2, 0.25) is 0 Å². The summed E-state index contributed by atoms with van der Waals surface area (Å²) in [6, 6.07) is 2.13. The number of thiophene rings is 1.